The predicted molar refractivity (Wildman–Crippen MR) is 118 cm³/mol. The molecule has 1 unspecified atom stereocenters. The van der Waals surface area contributed by atoms with Crippen molar-refractivity contribution in [1.82, 2.24) is 15.0 Å². The second-order valence-corrected chi connectivity index (χ2v) is 9.92. The largest absolute Gasteiger partial charge is 0.465 e. The number of ketones is 1. The number of H-pyrrole nitrogens is 2. The molecule has 0 saturated carbocycles. The lowest BCUT2D eigenvalue weighted by Crippen LogP contribution is -2.17. The van der Waals surface area contributed by atoms with Gasteiger partial charge in [-0.05, 0) is 57.6 Å². The van der Waals surface area contributed by atoms with Crippen LogP contribution in [0.5, 0.6) is 0 Å². The summed E-state index contributed by atoms with van der Waals surface area (Å²) in [6, 6.07) is 0. The third kappa shape index (κ3) is 3.50. The number of Topliss-reactive ketones (excluding diaryl/α,β-unsaturated/α-hetero) is 1. The zero-order chi connectivity index (χ0) is 21.6. The van der Waals surface area contributed by atoms with E-state index < -0.39 is 11.2 Å². The first-order chi connectivity index (χ1) is 14.3. The van der Waals surface area contributed by atoms with Gasteiger partial charge in [-0.15, -0.1) is 11.3 Å². The first-order valence-electron chi connectivity index (χ1n) is 9.84. The summed E-state index contributed by atoms with van der Waals surface area (Å²) in [4.78, 5) is 50.2. The van der Waals surface area contributed by atoms with E-state index >= 15 is 0 Å². The lowest BCUT2D eigenvalue weighted by molar-refractivity contribution is 0.0599. The molecule has 3 aromatic heterocycles. The van der Waals surface area contributed by atoms with Crippen molar-refractivity contribution in [2.75, 3.05) is 7.11 Å². The van der Waals surface area contributed by atoms with Crippen LogP contribution < -0.4 is 5.56 Å². The molecule has 1 aliphatic rings. The van der Waals surface area contributed by atoms with Crippen LogP contribution in [-0.4, -0.2) is 39.1 Å². The minimum atomic E-state index is -0.498. The zero-order valence-corrected chi connectivity index (χ0v) is 18.9. The van der Waals surface area contributed by atoms with Crippen LogP contribution in [0.15, 0.2) is 9.95 Å². The number of aryl methyl sites for hydroxylation is 3. The molecule has 0 aliphatic heterocycles. The summed E-state index contributed by atoms with van der Waals surface area (Å²) < 4.78 is 4.81. The third-order valence-corrected chi connectivity index (χ3v) is 7.70. The van der Waals surface area contributed by atoms with Crippen LogP contribution in [0.25, 0.3) is 10.2 Å². The highest BCUT2D eigenvalue weighted by Gasteiger charge is 2.27. The van der Waals surface area contributed by atoms with Gasteiger partial charge in [0.05, 0.1) is 29.0 Å². The highest BCUT2D eigenvalue weighted by Crippen LogP contribution is 2.35. The van der Waals surface area contributed by atoms with Gasteiger partial charge in [0.1, 0.15) is 4.83 Å². The Morgan fingerprint density at radius 3 is 2.67 bits per heavy atom. The number of fused-ring (bicyclic) bond motifs is 3. The topological polar surface area (TPSA) is 105 Å². The van der Waals surface area contributed by atoms with E-state index in [0.717, 1.165) is 36.1 Å². The molecule has 30 heavy (non-hydrogen) atoms. The Labute approximate surface area is 181 Å². The van der Waals surface area contributed by atoms with Gasteiger partial charge >= 0.3 is 5.97 Å². The number of hydrogen-bond acceptors (Lipinski definition) is 7. The van der Waals surface area contributed by atoms with Crippen molar-refractivity contribution in [1.29, 1.82) is 0 Å². The Kier molecular flexibility index (Phi) is 5.59. The Morgan fingerprint density at radius 1 is 1.20 bits per heavy atom. The lowest BCUT2D eigenvalue weighted by atomic mass is 9.97. The van der Waals surface area contributed by atoms with Crippen molar-refractivity contribution < 1.29 is 14.3 Å². The molecule has 3 heterocycles. The molecular weight excluding hydrogens is 422 g/mol. The number of thiophene rings is 1. The van der Waals surface area contributed by atoms with E-state index in [1.165, 1.54) is 23.7 Å². The van der Waals surface area contributed by atoms with Gasteiger partial charge in [-0.2, -0.15) is 0 Å². The number of esters is 1. The normalized spacial score (nSPS) is 14.5. The highest BCUT2D eigenvalue weighted by molar-refractivity contribution is 8.00. The average Bonchev–Trinajstić information content (AvgIpc) is 3.23. The van der Waals surface area contributed by atoms with E-state index in [0.29, 0.717) is 33.1 Å². The molecule has 9 heteroatoms. The third-order valence-electron chi connectivity index (χ3n) is 5.53. The maximum Gasteiger partial charge on any atom is 0.339 e. The van der Waals surface area contributed by atoms with E-state index in [-0.39, 0.29) is 11.3 Å². The molecule has 3 aromatic rings. The van der Waals surface area contributed by atoms with Crippen molar-refractivity contribution in [3.63, 3.8) is 0 Å². The Bertz CT molecular complexity index is 1220. The molecule has 0 amide bonds. The summed E-state index contributed by atoms with van der Waals surface area (Å²) in [6.45, 7) is 5.23. The summed E-state index contributed by atoms with van der Waals surface area (Å²) in [5.41, 5.74) is 2.93. The fourth-order valence-electron chi connectivity index (χ4n) is 4.03. The second kappa shape index (κ2) is 8.03. The molecule has 0 spiro atoms. The van der Waals surface area contributed by atoms with Gasteiger partial charge in [-0.1, -0.05) is 11.8 Å². The van der Waals surface area contributed by atoms with E-state index in [1.807, 2.05) is 0 Å². The number of aromatic amines is 2. The molecule has 0 fully saturated rings. The van der Waals surface area contributed by atoms with E-state index in [9.17, 15) is 14.4 Å². The SMILES string of the molecule is COC(=O)c1c(C)[nH]c(C(=O)C(C)Sc2nc3sc4c(c3c(=O)[nH]2)CCCC4)c1C. The van der Waals surface area contributed by atoms with E-state index in [1.54, 1.807) is 32.1 Å². The second-order valence-electron chi connectivity index (χ2n) is 7.50. The van der Waals surface area contributed by atoms with Crippen LogP contribution in [0.2, 0.25) is 0 Å². The van der Waals surface area contributed by atoms with E-state index in [2.05, 4.69) is 15.0 Å². The molecule has 4 rings (SSSR count). The van der Waals surface area contributed by atoms with Crippen molar-refractivity contribution in [2.24, 2.45) is 0 Å². The summed E-state index contributed by atoms with van der Waals surface area (Å²) in [5, 5.41) is 0.639. The number of nitrogens with zero attached hydrogens (tertiary/aromatic N) is 1. The van der Waals surface area contributed by atoms with Crippen LogP contribution in [0, 0.1) is 13.8 Å². The van der Waals surface area contributed by atoms with Crippen molar-refractivity contribution in [3.8, 4) is 0 Å². The number of rotatable bonds is 5. The van der Waals surface area contributed by atoms with Crippen molar-refractivity contribution in [2.45, 2.75) is 56.9 Å². The highest BCUT2D eigenvalue weighted by atomic mass is 32.2. The molecule has 0 bridgehead atoms. The van der Waals surface area contributed by atoms with Gasteiger partial charge in [0.2, 0.25) is 0 Å². The molecule has 1 atom stereocenters. The minimum absolute atomic E-state index is 0.138. The number of thioether (sulfide) groups is 1. The standard InChI is InChI=1S/C21H23N3O4S2/c1-9-14(20(27)28-4)10(2)22-16(9)17(25)11(3)29-21-23-18(26)15-12-7-5-6-8-13(12)30-19(15)24-21/h11,22H,5-8H2,1-4H3,(H,23,24,26). The molecule has 0 radical (unpaired) electrons. The Hall–Kier alpha value is -2.39. The number of ether oxygens (including phenoxy) is 1. The average molecular weight is 446 g/mol. The van der Waals surface area contributed by atoms with Gasteiger partial charge in [0.15, 0.2) is 10.9 Å². The molecule has 0 aromatic carbocycles. The zero-order valence-electron chi connectivity index (χ0n) is 17.3. The molecule has 7 nitrogen and oxygen atoms in total. The monoisotopic (exact) mass is 445 g/mol. The summed E-state index contributed by atoms with van der Waals surface area (Å²) >= 11 is 2.80. The maximum atomic E-state index is 13.0. The number of nitrogens with one attached hydrogen (secondary N) is 2. The number of aromatic nitrogens is 3. The molecule has 2 N–H and O–H groups in total. The van der Waals surface area contributed by atoms with Crippen LogP contribution >= 0.6 is 23.1 Å². The lowest BCUT2D eigenvalue weighted by Gasteiger charge is -2.10. The van der Waals surface area contributed by atoms with Crippen LogP contribution in [0.4, 0.5) is 0 Å². The fraction of sp³-hybridized carbons (Fsp3) is 0.429. The molecular formula is C21H23N3O4S2. The van der Waals surface area contributed by atoms with Gasteiger partial charge in [0, 0.05) is 10.6 Å². The van der Waals surface area contributed by atoms with Crippen molar-refractivity contribution >= 4 is 45.1 Å². The summed E-state index contributed by atoms with van der Waals surface area (Å²) in [7, 11) is 1.31. The molecule has 1 aliphatic carbocycles. The number of carbonyl (C=O) groups is 2. The molecule has 158 valence electrons. The van der Waals surface area contributed by atoms with Crippen LogP contribution in [0.3, 0.4) is 0 Å². The van der Waals surface area contributed by atoms with Gasteiger partial charge < -0.3 is 14.7 Å². The van der Waals surface area contributed by atoms with Crippen LogP contribution in [-0.2, 0) is 17.6 Å². The fourth-order valence-corrected chi connectivity index (χ4v) is 6.20. The predicted octanol–water partition coefficient (Wildman–Crippen LogP) is 3.96. The molecule has 0 saturated heterocycles. The Morgan fingerprint density at radius 2 is 1.93 bits per heavy atom. The summed E-state index contributed by atoms with van der Waals surface area (Å²) in [6.07, 6.45) is 4.17. The quantitative estimate of drug-likeness (QED) is 0.267. The smallest absolute Gasteiger partial charge is 0.339 e. The summed E-state index contributed by atoms with van der Waals surface area (Å²) in [5.74, 6) is -0.636. The van der Waals surface area contributed by atoms with Gasteiger partial charge in [-0.3, -0.25) is 9.59 Å². The van der Waals surface area contributed by atoms with Crippen LogP contribution in [0.1, 0.15) is 62.3 Å². The Balaban J connectivity index is 1.62. The number of methoxy groups -OCH3 is 1. The maximum absolute atomic E-state index is 13.0. The first-order valence-corrected chi connectivity index (χ1v) is 11.5. The van der Waals surface area contributed by atoms with Gasteiger partial charge in [-0.25, -0.2) is 9.78 Å². The number of carbonyl (C=O) groups excluding carboxylic acids is 2. The van der Waals surface area contributed by atoms with E-state index in [4.69, 9.17) is 4.74 Å². The van der Waals surface area contributed by atoms with Crippen molar-refractivity contribution in [3.05, 3.63) is 43.3 Å². The number of hydrogen-bond donors (Lipinski definition) is 2. The first kappa shape index (κ1) is 20.9. The minimum Gasteiger partial charge on any atom is -0.465 e. The van der Waals surface area contributed by atoms with Gasteiger partial charge in [0.25, 0.3) is 5.56 Å².